The lowest BCUT2D eigenvalue weighted by molar-refractivity contribution is 0.275. The highest BCUT2D eigenvalue weighted by atomic mass is 32.1. The van der Waals surface area contributed by atoms with Gasteiger partial charge in [0.05, 0.1) is 18.0 Å². The molecule has 0 saturated heterocycles. The number of nitrogens with zero attached hydrogens (tertiary/aromatic N) is 3. The average Bonchev–Trinajstić information content (AvgIpc) is 2.83. The molecule has 2 aromatic heterocycles. The van der Waals surface area contributed by atoms with E-state index in [2.05, 4.69) is 43.0 Å². The summed E-state index contributed by atoms with van der Waals surface area (Å²) in [6, 6.07) is 4.30. The summed E-state index contributed by atoms with van der Waals surface area (Å²) in [6.07, 6.45) is 0. The van der Waals surface area contributed by atoms with Crippen molar-refractivity contribution < 1.29 is 5.11 Å². The van der Waals surface area contributed by atoms with Gasteiger partial charge in [-0.05, 0) is 38.8 Å². The fourth-order valence-electron chi connectivity index (χ4n) is 2.78. The molecule has 5 heteroatoms. The predicted molar refractivity (Wildman–Crippen MR) is 81.2 cm³/mol. The van der Waals surface area contributed by atoms with Crippen molar-refractivity contribution in [3.05, 3.63) is 39.5 Å². The maximum atomic E-state index is 9.72. The first-order valence-electron chi connectivity index (χ1n) is 6.55. The summed E-state index contributed by atoms with van der Waals surface area (Å²) in [6.45, 7) is 8.15. The zero-order valence-corrected chi connectivity index (χ0v) is 12.9. The van der Waals surface area contributed by atoms with Crippen LogP contribution in [-0.2, 0) is 6.61 Å². The Morgan fingerprint density at radius 2 is 1.80 bits per heavy atom. The fourth-order valence-corrected chi connectivity index (χ4v) is 3.54. The van der Waals surface area contributed by atoms with Crippen LogP contribution in [0.1, 0.15) is 27.4 Å². The maximum absolute atomic E-state index is 9.72. The van der Waals surface area contributed by atoms with Crippen LogP contribution in [0.25, 0.3) is 16.2 Å². The van der Waals surface area contributed by atoms with Gasteiger partial charge in [-0.3, -0.25) is 0 Å². The molecule has 1 aromatic carbocycles. The zero-order valence-electron chi connectivity index (χ0n) is 12.1. The third-order valence-corrected chi connectivity index (χ3v) is 4.28. The topological polar surface area (TPSA) is 50.4 Å². The molecule has 0 aliphatic carbocycles. The van der Waals surface area contributed by atoms with Crippen molar-refractivity contribution in [3.63, 3.8) is 0 Å². The van der Waals surface area contributed by atoms with Crippen LogP contribution in [0.15, 0.2) is 12.1 Å². The summed E-state index contributed by atoms with van der Waals surface area (Å²) in [5.41, 5.74) is 6.32. The highest BCUT2D eigenvalue weighted by molar-refractivity contribution is 7.16. The number of aliphatic hydroxyl groups excluding tert-OH is 1. The zero-order chi connectivity index (χ0) is 14.4. The van der Waals surface area contributed by atoms with Gasteiger partial charge < -0.3 is 5.11 Å². The molecular weight excluding hydrogens is 270 g/mol. The van der Waals surface area contributed by atoms with Crippen LogP contribution in [0.3, 0.4) is 0 Å². The molecule has 4 nitrogen and oxygen atoms in total. The van der Waals surface area contributed by atoms with Crippen LogP contribution in [0.2, 0.25) is 0 Å². The Hall–Kier alpha value is -1.72. The largest absolute Gasteiger partial charge is 0.390 e. The van der Waals surface area contributed by atoms with Crippen molar-refractivity contribution in [2.45, 2.75) is 34.3 Å². The van der Waals surface area contributed by atoms with E-state index in [1.807, 2.05) is 6.92 Å². The first-order chi connectivity index (χ1) is 9.51. The van der Waals surface area contributed by atoms with Crippen molar-refractivity contribution in [2.24, 2.45) is 0 Å². The number of aromatic nitrogens is 3. The molecule has 2 heterocycles. The van der Waals surface area contributed by atoms with Crippen molar-refractivity contribution in [1.29, 1.82) is 0 Å². The molecule has 0 atom stereocenters. The van der Waals surface area contributed by atoms with Crippen molar-refractivity contribution in [3.8, 4) is 11.3 Å². The van der Waals surface area contributed by atoms with Gasteiger partial charge in [0.15, 0.2) is 0 Å². The number of hydrogen-bond acceptors (Lipinski definition) is 4. The van der Waals surface area contributed by atoms with Crippen LogP contribution in [-0.4, -0.2) is 19.7 Å². The van der Waals surface area contributed by atoms with Crippen molar-refractivity contribution in [1.82, 2.24) is 14.6 Å². The molecule has 3 aromatic rings. The molecule has 0 bridgehead atoms. The van der Waals surface area contributed by atoms with Gasteiger partial charge in [0, 0.05) is 5.56 Å². The number of hydrogen-bond donors (Lipinski definition) is 1. The monoisotopic (exact) mass is 287 g/mol. The average molecular weight is 287 g/mol. The lowest BCUT2D eigenvalue weighted by Crippen LogP contribution is -1.98. The summed E-state index contributed by atoms with van der Waals surface area (Å²) < 4.78 is 1.76. The number of aryl methyl sites for hydroxylation is 4. The number of benzene rings is 1. The molecule has 3 rings (SSSR count). The van der Waals surface area contributed by atoms with E-state index in [9.17, 15) is 5.11 Å². The van der Waals surface area contributed by atoms with E-state index in [0.29, 0.717) is 0 Å². The van der Waals surface area contributed by atoms with Crippen LogP contribution in [0, 0.1) is 27.7 Å². The number of fused-ring (bicyclic) bond motifs is 1. The Morgan fingerprint density at radius 3 is 2.40 bits per heavy atom. The van der Waals surface area contributed by atoms with E-state index in [1.54, 1.807) is 15.9 Å². The van der Waals surface area contributed by atoms with E-state index in [1.165, 1.54) is 16.7 Å². The molecule has 1 N–H and O–H groups in total. The molecule has 0 aliphatic heterocycles. The summed E-state index contributed by atoms with van der Waals surface area (Å²) in [7, 11) is 0. The Morgan fingerprint density at radius 1 is 1.15 bits per heavy atom. The standard InChI is InChI=1S/C15H17N3OS/c1-8-5-9(2)13(10(3)6-8)14-12(7-19)18-15(16-14)20-11(4)17-18/h5-6,19H,7H2,1-4H3. The highest BCUT2D eigenvalue weighted by Crippen LogP contribution is 2.32. The molecule has 0 unspecified atom stereocenters. The highest BCUT2D eigenvalue weighted by Gasteiger charge is 2.19. The molecule has 20 heavy (non-hydrogen) atoms. The van der Waals surface area contributed by atoms with Gasteiger partial charge in [0.1, 0.15) is 5.01 Å². The van der Waals surface area contributed by atoms with Crippen LogP contribution in [0.5, 0.6) is 0 Å². The van der Waals surface area contributed by atoms with E-state index in [4.69, 9.17) is 0 Å². The minimum Gasteiger partial charge on any atom is -0.390 e. The summed E-state index contributed by atoms with van der Waals surface area (Å²) in [5, 5.41) is 15.1. The van der Waals surface area contributed by atoms with E-state index in [-0.39, 0.29) is 6.61 Å². The van der Waals surface area contributed by atoms with Crippen molar-refractivity contribution in [2.75, 3.05) is 0 Å². The summed E-state index contributed by atoms with van der Waals surface area (Å²) in [4.78, 5) is 5.52. The Kier molecular flexibility index (Phi) is 3.11. The van der Waals surface area contributed by atoms with E-state index < -0.39 is 0 Å². The third kappa shape index (κ3) is 1.94. The Labute approximate surface area is 121 Å². The fraction of sp³-hybridized carbons (Fsp3) is 0.333. The van der Waals surface area contributed by atoms with Crippen molar-refractivity contribution >= 4 is 16.3 Å². The second-order valence-corrected chi connectivity index (χ2v) is 6.31. The minimum absolute atomic E-state index is 0.0631. The molecule has 0 fully saturated rings. The van der Waals surface area contributed by atoms with E-state index >= 15 is 0 Å². The van der Waals surface area contributed by atoms with Gasteiger partial charge in [0.2, 0.25) is 4.96 Å². The quantitative estimate of drug-likeness (QED) is 0.787. The lowest BCUT2D eigenvalue weighted by atomic mass is 9.96. The summed E-state index contributed by atoms with van der Waals surface area (Å²) >= 11 is 1.54. The molecule has 0 spiro atoms. The molecule has 0 saturated carbocycles. The Balaban J connectivity index is 2.32. The maximum Gasteiger partial charge on any atom is 0.213 e. The summed E-state index contributed by atoms with van der Waals surface area (Å²) in [5.74, 6) is 0. The Bertz CT molecular complexity index is 778. The molecule has 0 amide bonds. The molecule has 104 valence electrons. The van der Waals surface area contributed by atoms with Gasteiger partial charge in [-0.1, -0.05) is 29.0 Å². The number of rotatable bonds is 2. The number of imidazole rings is 1. The smallest absolute Gasteiger partial charge is 0.213 e. The van der Waals surface area contributed by atoms with Gasteiger partial charge in [-0.15, -0.1) is 0 Å². The van der Waals surface area contributed by atoms with Crippen LogP contribution < -0.4 is 0 Å². The van der Waals surface area contributed by atoms with Gasteiger partial charge in [-0.25, -0.2) is 9.50 Å². The number of aliphatic hydroxyl groups is 1. The lowest BCUT2D eigenvalue weighted by Gasteiger charge is -2.10. The van der Waals surface area contributed by atoms with Gasteiger partial charge in [-0.2, -0.15) is 5.10 Å². The molecular formula is C15H17N3OS. The minimum atomic E-state index is -0.0631. The van der Waals surface area contributed by atoms with E-state index in [0.717, 1.165) is 26.9 Å². The SMILES string of the molecule is Cc1cc(C)c(-c2nc3sc(C)nn3c2CO)c(C)c1. The van der Waals surface area contributed by atoms with Gasteiger partial charge >= 0.3 is 0 Å². The van der Waals surface area contributed by atoms with Crippen LogP contribution in [0.4, 0.5) is 0 Å². The third-order valence-electron chi connectivity index (χ3n) is 3.46. The van der Waals surface area contributed by atoms with Gasteiger partial charge in [0.25, 0.3) is 0 Å². The predicted octanol–water partition coefficient (Wildman–Crippen LogP) is 3.18. The first-order valence-corrected chi connectivity index (χ1v) is 7.37. The van der Waals surface area contributed by atoms with Crippen LogP contribution >= 0.6 is 11.3 Å². The molecule has 0 aliphatic rings. The molecule has 0 radical (unpaired) electrons. The first kappa shape index (κ1) is 13.3. The second-order valence-electron chi connectivity index (χ2n) is 5.15. The normalized spacial score (nSPS) is 11.4. The second kappa shape index (κ2) is 4.68.